The van der Waals surface area contributed by atoms with Gasteiger partial charge in [0.15, 0.2) is 11.2 Å². The van der Waals surface area contributed by atoms with Gasteiger partial charge in [0.2, 0.25) is 6.29 Å². The molecule has 0 spiro atoms. The summed E-state index contributed by atoms with van der Waals surface area (Å²) in [6, 6.07) is 19.0. The Kier molecular flexibility index (Phi) is 9.39. The van der Waals surface area contributed by atoms with E-state index in [0.29, 0.717) is 23.3 Å². The van der Waals surface area contributed by atoms with Crippen molar-refractivity contribution in [3.63, 3.8) is 0 Å². The summed E-state index contributed by atoms with van der Waals surface area (Å²) in [5.41, 5.74) is 5.88. The van der Waals surface area contributed by atoms with Crippen LogP contribution in [-0.4, -0.2) is 82.6 Å². The highest BCUT2D eigenvalue weighted by Gasteiger charge is 2.78. The van der Waals surface area contributed by atoms with E-state index in [1.54, 1.807) is 30.3 Å². The van der Waals surface area contributed by atoms with Gasteiger partial charge in [-0.3, -0.25) is 4.79 Å². The molecule has 3 aromatic rings. The molecule has 2 N–H and O–H groups in total. The predicted octanol–water partition coefficient (Wildman–Crippen LogP) is 3.92. The Hall–Kier alpha value is -4.56. The van der Waals surface area contributed by atoms with Crippen LogP contribution in [0, 0.1) is 5.92 Å². The lowest BCUT2D eigenvalue weighted by Gasteiger charge is -2.40. The minimum atomic E-state index is -2.23. The van der Waals surface area contributed by atoms with E-state index in [0.717, 1.165) is 0 Å². The van der Waals surface area contributed by atoms with Gasteiger partial charge in [-0.25, -0.2) is 0 Å². The lowest BCUT2D eigenvalue weighted by atomic mass is 9.70. The van der Waals surface area contributed by atoms with Gasteiger partial charge in [-0.1, -0.05) is 47.6 Å². The molecule has 0 radical (unpaired) electrons. The summed E-state index contributed by atoms with van der Waals surface area (Å²) in [6.07, 6.45) is -3.67. The summed E-state index contributed by atoms with van der Waals surface area (Å²) in [5, 5.41) is 28.7. The van der Waals surface area contributed by atoms with Crippen LogP contribution in [0.25, 0.3) is 10.4 Å². The van der Waals surface area contributed by atoms with E-state index in [2.05, 4.69) is 10.0 Å². The number of azide groups is 1. The topological polar surface area (TPSA) is 180 Å². The van der Waals surface area contributed by atoms with Gasteiger partial charge < -0.3 is 48.1 Å². The Labute approximate surface area is 276 Å². The molecule has 3 aromatic carbocycles. The molecule has 14 heteroatoms. The van der Waals surface area contributed by atoms with Crippen molar-refractivity contribution in [1.82, 2.24) is 0 Å². The smallest absolute Gasteiger partial charge is 0.312 e. The molecule has 48 heavy (non-hydrogen) atoms. The first kappa shape index (κ1) is 33.3. The summed E-state index contributed by atoms with van der Waals surface area (Å²) in [4.78, 5) is 16.3. The molecule has 2 heterocycles. The molecule has 2 aliphatic heterocycles. The summed E-state index contributed by atoms with van der Waals surface area (Å²) < 4.78 is 46.9. The standard InChI is InChI=1S/C34H37N3O11/c1-41-21-12-10-20(11-13-21)34-27(19-8-6-5-7-9-19)26(30(39)43-3)29(38)33(34,40)28-24(42-2)16-23(17-25(28)48-34)47-32-31(44-4)45-18-22(46-32)14-15-36-37-35/h5-13,16-17,22,26-27,29,31-32,38,40H,14-15,18H2,1-4H3/t22-,26+,27+,29+,31+,32?,33-,34-/m0/s1. The molecule has 8 atom stereocenters. The van der Waals surface area contributed by atoms with Crippen LogP contribution in [0.3, 0.4) is 0 Å². The highest BCUT2D eigenvalue weighted by molar-refractivity contribution is 5.78. The number of aliphatic hydroxyl groups excluding tert-OH is 1. The number of nitrogens with zero attached hydrogens (tertiary/aromatic N) is 3. The van der Waals surface area contributed by atoms with Crippen LogP contribution >= 0.6 is 0 Å². The van der Waals surface area contributed by atoms with Crippen molar-refractivity contribution < 1.29 is 52.9 Å². The Morgan fingerprint density at radius 2 is 1.77 bits per heavy atom. The molecule has 6 rings (SSSR count). The van der Waals surface area contributed by atoms with Gasteiger partial charge in [-0.15, -0.1) is 0 Å². The van der Waals surface area contributed by atoms with Gasteiger partial charge in [0.1, 0.15) is 29.1 Å². The molecule has 0 aromatic heterocycles. The van der Waals surface area contributed by atoms with E-state index >= 15 is 0 Å². The van der Waals surface area contributed by atoms with Crippen molar-refractivity contribution in [3.05, 3.63) is 93.9 Å². The fraction of sp³-hybridized carbons (Fsp3) is 0.441. The number of fused-ring (bicyclic) bond motifs is 3. The number of carbonyl (C=O) groups is 1. The summed E-state index contributed by atoms with van der Waals surface area (Å²) >= 11 is 0. The zero-order valence-corrected chi connectivity index (χ0v) is 26.8. The average Bonchev–Trinajstić information content (AvgIpc) is 3.50. The Balaban J connectivity index is 1.49. The summed E-state index contributed by atoms with van der Waals surface area (Å²) in [7, 11) is 5.64. The Morgan fingerprint density at radius 1 is 1.02 bits per heavy atom. The lowest BCUT2D eigenvalue weighted by Crippen LogP contribution is -2.52. The number of methoxy groups -OCH3 is 4. The zero-order valence-electron chi connectivity index (χ0n) is 26.8. The maximum Gasteiger partial charge on any atom is 0.312 e. The normalized spacial score (nSPS) is 30.3. The van der Waals surface area contributed by atoms with E-state index in [9.17, 15) is 15.0 Å². The van der Waals surface area contributed by atoms with Crippen molar-refractivity contribution in [3.8, 4) is 23.0 Å². The molecule has 1 saturated carbocycles. The fourth-order valence-corrected chi connectivity index (χ4v) is 7.22. The predicted molar refractivity (Wildman–Crippen MR) is 168 cm³/mol. The van der Waals surface area contributed by atoms with Crippen molar-refractivity contribution in [2.45, 2.75) is 48.3 Å². The van der Waals surface area contributed by atoms with Crippen molar-refractivity contribution in [1.29, 1.82) is 0 Å². The highest BCUT2D eigenvalue weighted by atomic mass is 16.8. The van der Waals surface area contributed by atoms with E-state index in [-0.39, 0.29) is 36.0 Å². The van der Waals surface area contributed by atoms with Crippen LogP contribution in [0.5, 0.6) is 23.0 Å². The third-order valence-corrected chi connectivity index (χ3v) is 9.29. The molecule has 3 aliphatic rings. The van der Waals surface area contributed by atoms with Gasteiger partial charge >= 0.3 is 5.97 Å². The second-order valence-corrected chi connectivity index (χ2v) is 11.6. The first-order valence-electron chi connectivity index (χ1n) is 15.3. The molecular weight excluding hydrogens is 626 g/mol. The number of carbonyl (C=O) groups excluding carboxylic acids is 1. The number of hydrogen-bond acceptors (Lipinski definition) is 12. The molecular formula is C34H37N3O11. The maximum absolute atomic E-state index is 13.5. The zero-order chi connectivity index (χ0) is 34.1. The maximum atomic E-state index is 13.5. The van der Waals surface area contributed by atoms with Crippen LogP contribution in [0.15, 0.2) is 71.8 Å². The Morgan fingerprint density at radius 3 is 2.42 bits per heavy atom. The quantitative estimate of drug-likeness (QED) is 0.131. The minimum Gasteiger partial charge on any atom is -0.497 e. The molecule has 1 unspecified atom stereocenters. The first-order valence-corrected chi connectivity index (χ1v) is 15.3. The third kappa shape index (κ3) is 5.27. The first-order chi connectivity index (χ1) is 23.3. The molecule has 14 nitrogen and oxygen atoms in total. The van der Waals surface area contributed by atoms with Crippen LogP contribution in [-0.2, 0) is 34.9 Å². The lowest BCUT2D eigenvalue weighted by molar-refractivity contribution is -0.312. The van der Waals surface area contributed by atoms with E-state index in [1.807, 2.05) is 30.3 Å². The Bertz CT molecular complexity index is 1670. The van der Waals surface area contributed by atoms with Crippen LogP contribution in [0.4, 0.5) is 0 Å². The van der Waals surface area contributed by atoms with Crippen molar-refractivity contribution >= 4 is 5.97 Å². The molecule has 1 aliphatic carbocycles. The molecule has 0 amide bonds. The second-order valence-electron chi connectivity index (χ2n) is 11.6. The average molecular weight is 664 g/mol. The molecule has 254 valence electrons. The summed E-state index contributed by atoms with van der Waals surface area (Å²) in [6.45, 7) is 0.409. The van der Waals surface area contributed by atoms with Gasteiger partial charge in [-0.2, -0.15) is 0 Å². The van der Waals surface area contributed by atoms with Gasteiger partial charge in [0.05, 0.1) is 45.5 Å². The highest BCUT2D eigenvalue weighted by Crippen LogP contribution is 2.70. The van der Waals surface area contributed by atoms with Gasteiger partial charge in [0, 0.05) is 36.6 Å². The van der Waals surface area contributed by atoms with Crippen LogP contribution in [0.1, 0.15) is 29.0 Å². The summed E-state index contributed by atoms with van der Waals surface area (Å²) in [5.74, 6) is -1.84. The number of hydrogen-bond donors (Lipinski definition) is 2. The second kappa shape index (κ2) is 13.5. The molecule has 2 fully saturated rings. The van der Waals surface area contributed by atoms with E-state index in [4.69, 9.17) is 43.4 Å². The minimum absolute atomic E-state index is 0.127. The van der Waals surface area contributed by atoms with Gasteiger partial charge in [-0.05, 0) is 35.2 Å². The monoisotopic (exact) mass is 663 g/mol. The van der Waals surface area contributed by atoms with E-state index in [1.165, 1.54) is 34.5 Å². The molecule has 1 saturated heterocycles. The van der Waals surface area contributed by atoms with Crippen molar-refractivity contribution in [2.24, 2.45) is 11.0 Å². The molecule has 0 bridgehead atoms. The SMILES string of the molecule is COC(=O)[C@H]1[C@@H](O)[C@@]2(O)c3c(OC)cc(OC4O[C@@H](CCN=[N+]=[N-])CO[C@H]4OC)cc3O[C@@]2(c2ccc(OC)cc2)[C@@H]1c1ccccc1. The van der Waals surface area contributed by atoms with Crippen LogP contribution < -0.4 is 18.9 Å². The number of aliphatic hydroxyl groups is 2. The van der Waals surface area contributed by atoms with Crippen LogP contribution in [0.2, 0.25) is 0 Å². The largest absolute Gasteiger partial charge is 0.497 e. The number of esters is 1. The van der Waals surface area contributed by atoms with Gasteiger partial charge in [0.25, 0.3) is 6.29 Å². The van der Waals surface area contributed by atoms with Crippen molar-refractivity contribution in [2.75, 3.05) is 41.6 Å². The number of ether oxygens (including phenoxy) is 8. The number of rotatable bonds is 11. The third-order valence-electron chi connectivity index (χ3n) is 9.29. The fourth-order valence-electron chi connectivity index (χ4n) is 7.22. The number of benzene rings is 3. The van der Waals surface area contributed by atoms with E-state index < -0.39 is 53.8 Å².